The molecule has 1 aromatic carbocycles. The Balaban J connectivity index is 1.79. The fraction of sp³-hybridized carbons (Fsp3) is 0.474. The molecule has 0 spiro atoms. The number of aryl methyl sites for hydroxylation is 1. The molecule has 0 radical (unpaired) electrons. The Morgan fingerprint density at radius 3 is 2.52 bits per heavy atom. The molecule has 1 fully saturated rings. The number of thiophene rings is 1. The molecular weight excluding hydrogens is 274 g/mol. The predicted octanol–water partition coefficient (Wildman–Crippen LogP) is 5.64. The monoisotopic (exact) mass is 299 g/mol. The Morgan fingerprint density at radius 1 is 1.10 bits per heavy atom. The molecule has 1 aromatic heterocycles. The van der Waals surface area contributed by atoms with Gasteiger partial charge in [-0.3, -0.25) is 0 Å². The highest BCUT2D eigenvalue weighted by atomic mass is 32.1. The van der Waals surface area contributed by atoms with Gasteiger partial charge in [0.25, 0.3) is 0 Å². The second-order valence-electron chi connectivity index (χ2n) is 6.28. The van der Waals surface area contributed by atoms with Crippen LogP contribution >= 0.6 is 11.3 Å². The zero-order valence-electron chi connectivity index (χ0n) is 13.0. The molecule has 3 rings (SSSR count). The van der Waals surface area contributed by atoms with E-state index in [-0.39, 0.29) is 0 Å². The predicted molar refractivity (Wildman–Crippen MR) is 91.7 cm³/mol. The molecule has 1 aliphatic carbocycles. The molecule has 1 saturated carbocycles. The summed E-state index contributed by atoms with van der Waals surface area (Å²) in [6.45, 7) is 4.52. The van der Waals surface area contributed by atoms with Crippen LogP contribution in [0.25, 0.3) is 0 Å². The van der Waals surface area contributed by atoms with Gasteiger partial charge in [0.1, 0.15) is 0 Å². The summed E-state index contributed by atoms with van der Waals surface area (Å²) in [4.78, 5) is 1.50. The molecule has 21 heavy (non-hydrogen) atoms. The molecule has 0 saturated heterocycles. The maximum Gasteiger partial charge on any atom is 0.0448 e. The Morgan fingerprint density at radius 2 is 1.86 bits per heavy atom. The standard InChI is InChI=1S/C19H25NS/c1-14-8-3-6-11-17(14)15(2)20-19(16-9-4-5-10-16)18-12-7-13-21-18/h3,6-8,11-13,15-16,19-20H,4-5,9-10H2,1-2H3/t15-,19?/m0/s1. The van der Waals surface area contributed by atoms with Crippen LogP contribution in [0.5, 0.6) is 0 Å². The van der Waals surface area contributed by atoms with E-state index in [0.717, 1.165) is 5.92 Å². The van der Waals surface area contributed by atoms with Gasteiger partial charge in [-0.1, -0.05) is 43.2 Å². The highest BCUT2D eigenvalue weighted by Crippen LogP contribution is 2.38. The van der Waals surface area contributed by atoms with Crippen LogP contribution in [0.3, 0.4) is 0 Å². The van der Waals surface area contributed by atoms with Gasteiger partial charge in [-0.15, -0.1) is 11.3 Å². The first kappa shape index (κ1) is 14.8. The van der Waals surface area contributed by atoms with Crippen molar-refractivity contribution in [2.75, 3.05) is 0 Å². The maximum atomic E-state index is 3.93. The normalized spacial score (nSPS) is 18.8. The number of hydrogen-bond acceptors (Lipinski definition) is 2. The summed E-state index contributed by atoms with van der Waals surface area (Å²) in [6.07, 6.45) is 5.53. The van der Waals surface area contributed by atoms with Crippen LogP contribution < -0.4 is 5.32 Å². The van der Waals surface area contributed by atoms with Gasteiger partial charge in [-0.2, -0.15) is 0 Å². The van der Waals surface area contributed by atoms with Crippen molar-refractivity contribution in [3.63, 3.8) is 0 Å². The van der Waals surface area contributed by atoms with Gasteiger partial charge in [0, 0.05) is 17.0 Å². The first-order valence-electron chi connectivity index (χ1n) is 8.10. The lowest BCUT2D eigenvalue weighted by Crippen LogP contribution is -2.29. The molecule has 1 nitrogen and oxygen atoms in total. The van der Waals surface area contributed by atoms with E-state index in [9.17, 15) is 0 Å². The molecule has 2 heteroatoms. The first-order chi connectivity index (χ1) is 10.3. The van der Waals surface area contributed by atoms with Crippen molar-refractivity contribution in [2.45, 2.75) is 51.6 Å². The van der Waals surface area contributed by atoms with Gasteiger partial charge in [0.05, 0.1) is 0 Å². The lowest BCUT2D eigenvalue weighted by Gasteiger charge is -2.28. The lowest BCUT2D eigenvalue weighted by molar-refractivity contribution is 0.342. The average molecular weight is 299 g/mol. The van der Waals surface area contributed by atoms with Crippen molar-refractivity contribution in [1.29, 1.82) is 0 Å². The van der Waals surface area contributed by atoms with E-state index in [1.807, 2.05) is 11.3 Å². The minimum Gasteiger partial charge on any atom is -0.302 e. The minimum absolute atomic E-state index is 0.402. The Hall–Kier alpha value is -1.12. The van der Waals surface area contributed by atoms with Crippen LogP contribution in [0, 0.1) is 12.8 Å². The molecule has 0 amide bonds. The van der Waals surface area contributed by atoms with Gasteiger partial charge >= 0.3 is 0 Å². The van der Waals surface area contributed by atoms with Gasteiger partial charge in [0.2, 0.25) is 0 Å². The van der Waals surface area contributed by atoms with Crippen LogP contribution in [0.4, 0.5) is 0 Å². The van der Waals surface area contributed by atoms with Crippen molar-refractivity contribution in [3.8, 4) is 0 Å². The van der Waals surface area contributed by atoms with Crippen molar-refractivity contribution < 1.29 is 0 Å². The second kappa shape index (κ2) is 6.76. The summed E-state index contributed by atoms with van der Waals surface area (Å²) in [5, 5.41) is 6.13. The number of benzene rings is 1. The molecule has 2 aromatic rings. The highest BCUT2D eigenvalue weighted by Gasteiger charge is 2.28. The molecule has 1 unspecified atom stereocenters. The van der Waals surface area contributed by atoms with E-state index >= 15 is 0 Å². The van der Waals surface area contributed by atoms with Crippen molar-refractivity contribution in [3.05, 3.63) is 57.8 Å². The zero-order valence-corrected chi connectivity index (χ0v) is 13.8. The molecule has 2 atom stereocenters. The SMILES string of the molecule is Cc1ccccc1[C@H](C)NC(c1cccs1)C1CCCC1. The van der Waals surface area contributed by atoms with Gasteiger partial charge < -0.3 is 5.32 Å². The lowest BCUT2D eigenvalue weighted by atomic mass is 9.94. The second-order valence-corrected chi connectivity index (χ2v) is 7.26. The summed E-state index contributed by atoms with van der Waals surface area (Å²) in [7, 11) is 0. The van der Waals surface area contributed by atoms with E-state index in [4.69, 9.17) is 0 Å². The van der Waals surface area contributed by atoms with Gasteiger partial charge in [-0.05, 0) is 55.2 Å². The third-order valence-corrected chi connectivity index (χ3v) is 5.76. The van der Waals surface area contributed by atoms with Crippen LogP contribution in [0.2, 0.25) is 0 Å². The third kappa shape index (κ3) is 3.38. The van der Waals surface area contributed by atoms with E-state index in [1.54, 1.807) is 0 Å². The zero-order chi connectivity index (χ0) is 14.7. The summed E-state index contributed by atoms with van der Waals surface area (Å²) < 4.78 is 0. The Labute approximate surface area is 132 Å². The molecule has 112 valence electrons. The average Bonchev–Trinajstić information content (AvgIpc) is 3.18. The summed E-state index contributed by atoms with van der Waals surface area (Å²) >= 11 is 1.90. The smallest absolute Gasteiger partial charge is 0.0448 e. The summed E-state index contributed by atoms with van der Waals surface area (Å²) in [5.41, 5.74) is 2.81. The molecule has 1 aliphatic rings. The van der Waals surface area contributed by atoms with E-state index in [1.165, 1.54) is 41.7 Å². The van der Waals surface area contributed by atoms with E-state index in [2.05, 4.69) is 60.9 Å². The van der Waals surface area contributed by atoms with Crippen LogP contribution in [0.1, 0.15) is 60.7 Å². The molecule has 1 heterocycles. The molecule has 1 N–H and O–H groups in total. The maximum absolute atomic E-state index is 3.93. The number of rotatable bonds is 5. The minimum atomic E-state index is 0.402. The third-order valence-electron chi connectivity index (χ3n) is 4.81. The van der Waals surface area contributed by atoms with Crippen molar-refractivity contribution in [1.82, 2.24) is 5.32 Å². The van der Waals surface area contributed by atoms with E-state index in [0.29, 0.717) is 12.1 Å². The molecule has 0 bridgehead atoms. The Kier molecular flexibility index (Phi) is 4.77. The van der Waals surface area contributed by atoms with Crippen molar-refractivity contribution in [2.24, 2.45) is 5.92 Å². The highest BCUT2D eigenvalue weighted by molar-refractivity contribution is 7.10. The Bertz CT molecular complexity index is 555. The van der Waals surface area contributed by atoms with Gasteiger partial charge in [-0.25, -0.2) is 0 Å². The first-order valence-corrected chi connectivity index (χ1v) is 8.98. The van der Waals surface area contributed by atoms with E-state index < -0.39 is 0 Å². The van der Waals surface area contributed by atoms with Gasteiger partial charge in [0.15, 0.2) is 0 Å². The van der Waals surface area contributed by atoms with Crippen molar-refractivity contribution >= 4 is 11.3 Å². The van der Waals surface area contributed by atoms with Crippen LogP contribution in [0.15, 0.2) is 41.8 Å². The molecule has 0 aliphatic heterocycles. The summed E-state index contributed by atoms with van der Waals surface area (Å²) in [6, 6.07) is 14.1. The fourth-order valence-corrected chi connectivity index (χ4v) is 4.52. The summed E-state index contributed by atoms with van der Waals surface area (Å²) in [5.74, 6) is 0.801. The number of nitrogens with one attached hydrogen (secondary N) is 1. The molecular formula is C19H25NS. The quantitative estimate of drug-likeness (QED) is 0.753. The topological polar surface area (TPSA) is 12.0 Å². The number of hydrogen-bond donors (Lipinski definition) is 1. The largest absolute Gasteiger partial charge is 0.302 e. The van der Waals surface area contributed by atoms with Crippen LogP contribution in [-0.4, -0.2) is 0 Å². The fourth-order valence-electron chi connectivity index (χ4n) is 3.64. The van der Waals surface area contributed by atoms with Crippen LogP contribution in [-0.2, 0) is 0 Å².